The zero-order valence-corrected chi connectivity index (χ0v) is 13.7. The van der Waals surface area contributed by atoms with Gasteiger partial charge in [-0.05, 0) is 36.2 Å². The number of aromatic amines is 1. The number of fused-ring (bicyclic) bond motifs is 1. The molecule has 0 bridgehead atoms. The molecule has 0 amide bonds. The van der Waals surface area contributed by atoms with Crippen molar-refractivity contribution in [1.82, 2.24) is 14.8 Å². The summed E-state index contributed by atoms with van der Waals surface area (Å²) < 4.78 is 2.04. The fourth-order valence-corrected chi connectivity index (χ4v) is 3.02. The molecule has 2 N–H and O–H groups in total. The van der Waals surface area contributed by atoms with E-state index < -0.39 is 0 Å². The predicted octanol–water partition coefficient (Wildman–Crippen LogP) is 4.72. The maximum absolute atomic E-state index is 4.55. The van der Waals surface area contributed by atoms with Crippen LogP contribution in [-0.2, 0) is 13.0 Å². The molecule has 24 heavy (non-hydrogen) atoms. The summed E-state index contributed by atoms with van der Waals surface area (Å²) in [5, 5.41) is 9.17. The summed E-state index contributed by atoms with van der Waals surface area (Å²) in [5.41, 5.74) is 5.83. The van der Waals surface area contributed by atoms with Crippen LogP contribution in [0.5, 0.6) is 0 Å². The number of nitrogens with zero attached hydrogens (tertiary/aromatic N) is 2. The number of H-pyrrole nitrogens is 1. The Morgan fingerprint density at radius 3 is 2.79 bits per heavy atom. The van der Waals surface area contributed by atoms with Crippen molar-refractivity contribution in [2.45, 2.75) is 19.9 Å². The van der Waals surface area contributed by atoms with Gasteiger partial charge >= 0.3 is 0 Å². The number of aromatic nitrogens is 3. The van der Waals surface area contributed by atoms with E-state index in [-0.39, 0.29) is 0 Å². The number of hydrogen-bond donors (Lipinski definition) is 2. The Kier molecular flexibility index (Phi) is 3.79. The van der Waals surface area contributed by atoms with Crippen molar-refractivity contribution in [3.05, 3.63) is 78.2 Å². The van der Waals surface area contributed by atoms with E-state index in [0.717, 1.165) is 35.2 Å². The van der Waals surface area contributed by atoms with E-state index in [9.17, 15) is 0 Å². The lowest BCUT2D eigenvalue weighted by Crippen LogP contribution is -2.01. The monoisotopic (exact) mass is 316 g/mol. The highest BCUT2D eigenvalue weighted by molar-refractivity contribution is 5.83. The first-order valence-electron chi connectivity index (χ1n) is 8.26. The van der Waals surface area contributed by atoms with E-state index in [4.69, 9.17) is 0 Å². The molecule has 0 spiro atoms. The molecule has 0 fully saturated rings. The van der Waals surface area contributed by atoms with Gasteiger partial charge in [-0.15, -0.1) is 0 Å². The Morgan fingerprint density at radius 2 is 1.96 bits per heavy atom. The summed E-state index contributed by atoms with van der Waals surface area (Å²) in [6.07, 6.45) is 4.88. The average Bonchev–Trinajstić information content (AvgIpc) is 3.22. The van der Waals surface area contributed by atoms with Crippen LogP contribution in [0.4, 0.5) is 11.4 Å². The lowest BCUT2D eigenvalue weighted by molar-refractivity contribution is 0.712. The topological polar surface area (TPSA) is 45.6 Å². The molecule has 4 rings (SSSR count). The minimum absolute atomic E-state index is 0.787. The number of nitrogens with one attached hydrogen (secondary N) is 2. The van der Waals surface area contributed by atoms with E-state index in [1.807, 2.05) is 23.1 Å². The van der Waals surface area contributed by atoms with Gasteiger partial charge in [-0.1, -0.05) is 37.3 Å². The molecular weight excluding hydrogens is 296 g/mol. The molecule has 4 heteroatoms. The van der Waals surface area contributed by atoms with E-state index in [2.05, 4.69) is 70.9 Å². The fourth-order valence-electron chi connectivity index (χ4n) is 3.02. The Morgan fingerprint density at radius 1 is 1.08 bits per heavy atom. The predicted molar refractivity (Wildman–Crippen MR) is 98.7 cm³/mol. The van der Waals surface area contributed by atoms with Crippen LogP contribution in [0.1, 0.15) is 18.2 Å². The smallest absolute Gasteiger partial charge is 0.0687 e. The minimum Gasteiger partial charge on any atom is -0.363 e. The van der Waals surface area contributed by atoms with Crippen LogP contribution >= 0.6 is 0 Å². The number of rotatable bonds is 5. The number of aryl methyl sites for hydroxylation is 1. The standard InChI is InChI=1S/C20H20N4/c1-2-18-19(10-11-21-18)23-17-8-9-20-16(12-17)13-22-24(20)14-15-6-4-3-5-7-15/h3-13,21,23H,2,14H2,1H3. The maximum Gasteiger partial charge on any atom is 0.0687 e. The van der Waals surface area contributed by atoms with Crippen LogP contribution < -0.4 is 5.32 Å². The quantitative estimate of drug-likeness (QED) is 0.559. The summed E-state index contributed by atoms with van der Waals surface area (Å²) in [4.78, 5) is 3.27. The second-order valence-corrected chi connectivity index (χ2v) is 5.91. The van der Waals surface area contributed by atoms with E-state index >= 15 is 0 Å². The lowest BCUT2D eigenvalue weighted by Gasteiger charge is -2.08. The van der Waals surface area contributed by atoms with Crippen LogP contribution in [0, 0.1) is 0 Å². The van der Waals surface area contributed by atoms with Gasteiger partial charge in [0.15, 0.2) is 0 Å². The second kappa shape index (κ2) is 6.24. The first kappa shape index (κ1) is 14.6. The molecule has 2 aromatic heterocycles. The van der Waals surface area contributed by atoms with Crippen molar-refractivity contribution in [3.63, 3.8) is 0 Å². The van der Waals surface area contributed by atoms with Gasteiger partial charge in [-0.2, -0.15) is 5.10 Å². The molecule has 2 aromatic carbocycles. The molecule has 0 saturated heterocycles. The molecule has 0 saturated carbocycles. The van der Waals surface area contributed by atoms with Gasteiger partial charge in [-0.25, -0.2) is 0 Å². The van der Waals surface area contributed by atoms with Crippen molar-refractivity contribution in [1.29, 1.82) is 0 Å². The highest BCUT2D eigenvalue weighted by atomic mass is 15.3. The van der Waals surface area contributed by atoms with Crippen molar-refractivity contribution in [3.8, 4) is 0 Å². The van der Waals surface area contributed by atoms with Gasteiger partial charge in [0.25, 0.3) is 0 Å². The van der Waals surface area contributed by atoms with Gasteiger partial charge < -0.3 is 10.3 Å². The Balaban J connectivity index is 1.61. The van der Waals surface area contributed by atoms with E-state index in [1.54, 1.807) is 0 Å². The molecule has 4 nitrogen and oxygen atoms in total. The van der Waals surface area contributed by atoms with Gasteiger partial charge in [0.2, 0.25) is 0 Å². The molecule has 0 aliphatic carbocycles. The molecule has 0 radical (unpaired) electrons. The second-order valence-electron chi connectivity index (χ2n) is 5.91. The fraction of sp³-hybridized carbons (Fsp3) is 0.150. The summed E-state index contributed by atoms with van der Waals surface area (Å²) in [6, 6.07) is 18.9. The Bertz CT molecular complexity index is 950. The van der Waals surface area contributed by atoms with Gasteiger partial charge in [0.1, 0.15) is 0 Å². The van der Waals surface area contributed by atoms with E-state index in [0.29, 0.717) is 0 Å². The molecule has 0 unspecified atom stereocenters. The molecule has 0 atom stereocenters. The average molecular weight is 316 g/mol. The summed E-state index contributed by atoms with van der Waals surface area (Å²) in [5.74, 6) is 0. The number of anilines is 2. The van der Waals surface area contributed by atoms with Crippen LogP contribution in [0.25, 0.3) is 10.9 Å². The first-order valence-corrected chi connectivity index (χ1v) is 8.26. The minimum atomic E-state index is 0.787. The molecule has 0 aliphatic heterocycles. The zero-order valence-electron chi connectivity index (χ0n) is 13.7. The molecule has 4 aromatic rings. The molecule has 2 heterocycles. The van der Waals surface area contributed by atoms with Crippen LogP contribution in [0.15, 0.2) is 67.0 Å². The van der Waals surface area contributed by atoms with Gasteiger partial charge in [0.05, 0.1) is 23.9 Å². The third kappa shape index (κ3) is 2.78. The highest BCUT2D eigenvalue weighted by Crippen LogP contribution is 2.24. The normalized spacial score (nSPS) is 11.0. The number of benzene rings is 2. The zero-order chi connectivity index (χ0) is 16.4. The first-order chi connectivity index (χ1) is 11.8. The summed E-state index contributed by atoms with van der Waals surface area (Å²) in [7, 11) is 0. The third-order valence-electron chi connectivity index (χ3n) is 4.28. The largest absolute Gasteiger partial charge is 0.363 e. The van der Waals surface area contributed by atoms with Crippen molar-refractivity contribution in [2.24, 2.45) is 0 Å². The molecule has 0 aliphatic rings. The van der Waals surface area contributed by atoms with Crippen LogP contribution in [0.2, 0.25) is 0 Å². The maximum atomic E-state index is 4.55. The van der Waals surface area contributed by atoms with Crippen LogP contribution in [0.3, 0.4) is 0 Å². The summed E-state index contributed by atoms with van der Waals surface area (Å²) >= 11 is 0. The van der Waals surface area contributed by atoms with Crippen molar-refractivity contribution >= 4 is 22.3 Å². The lowest BCUT2D eigenvalue weighted by atomic mass is 10.2. The van der Waals surface area contributed by atoms with Crippen LogP contribution in [-0.4, -0.2) is 14.8 Å². The van der Waals surface area contributed by atoms with Crippen molar-refractivity contribution < 1.29 is 0 Å². The Labute approximate surface area is 141 Å². The molecule has 120 valence electrons. The van der Waals surface area contributed by atoms with Gasteiger partial charge in [-0.3, -0.25) is 4.68 Å². The van der Waals surface area contributed by atoms with E-state index in [1.165, 1.54) is 11.3 Å². The third-order valence-corrected chi connectivity index (χ3v) is 4.28. The molecular formula is C20H20N4. The SMILES string of the molecule is CCc1[nH]ccc1Nc1ccc2c(cnn2Cc2ccccc2)c1. The highest BCUT2D eigenvalue weighted by Gasteiger charge is 2.06. The Hall–Kier alpha value is -3.01. The summed E-state index contributed by atoms with van der Waals surface area (Å²) in [6.45, 7) is 2.93. The number of hydrogen-bond acceptors (Lipinski definition) is 2. The van der Waals surface area contributed by atoms with Crippen molar-refractivity contribution in [2.75, 3.05) is 5.32 Å². The van der Waals surface area contributed by atoms with Gasteiger partial charge in [0, 0.05) is 23.0 Å².